The second-order valence-corrected chi connectivity index (χ2v) is 6.29. The van der Waals surface area contributed by atoms with Crippen molar-refractivity contribution >= 4 is 11.7 Å². The van der Waals surface area contributed by atoms with Crippen LogP contribution in [0.3, 0.4) is 0 Å². The number of likely N-dealkylation sites (tertiary alicyclic amines) is 1. The van der Waals surface area contributed by atoms with Crippen LogP contribution in [-0.2, 0) is 0 Å². The van der Waals surface area contributed by atoms with Gasteiger partial charge in [0.25, 0.3) is 0 Å². The predicted molar refractivity (Wildman–Crippen MR) is 91.3 cm³/mol. The summed E-state index contributed by atoms with van der Waals surface area (Å²) >= 11 is 0. The highest BCUT2D eigenvalue weighted by atomic mass is 16.5. The molecule has 2 amide bonds. The third kappa shape index (κ3) is 3.22. The first-order valence-electron chi connectivity index (χ1n) is 8.27. The average Bonchev–Trinajstić information content (AvgIpc) is 3.24. The number of carbonyl (C=O) groups is 1. The van der Waals surface area contributed by atoms with Crippen molar-refractivity contribution in [1.29, 1.82) is 0 Å². The van der Waals surface area contributed by atoms with Crippen molar-refractivity contribution in [3.8, 4) is 5.75 Å². The molecule has 1 aliphatic heterocycles. The molecule has 1 N–H and O–H groups in total. The van der Waals surface area contributed by atoms with E-state index in [1.165, 1.54) is 0 Å². The summed E-state index contributed by atoms with van der Waals surface area (Å²) < 4.78 is 10.7. The average molecular weight is 329 g/mol. The van der Waals surface area contributed by atoms with Crippen LogP contribution in [0.5, 0.6) is 5.75 Å². The van der Waals surface area contributed by atoms with E-state index in [0.717, 1.165) is 24.3 Å². The smallest absolute Gasteiger partial charge is 0.322 e. The van der Waals surface area contributed by atoms with E-state index in [9.17, 15) is 4.79 Å². The normalized spacial score (nSPS) is 17.3. The zero-order valence-electron chi connectivity index (χ0n) is 14.3. The van der Waals surface area contributed by atoms with Crippen LogP contribution in [0.1, 0.15) is 50.1 Å². The van der Waals surface area contributed by atoms with Gasteiger partial charge in [-0.15, -0.1) is 0 Å². The Morgan fingerprint density at radius 2 is 2.21 bits per heavy atom. The summed E-state index contributed by atoms with van der Waals surface area (Å²) in [6.45, 7) is 4.83. The van der Waals surface area contributed by atoms with Gasteiger partial charge in [0.2, 0.25) is 0 Å². The first-order valence-corrected chi connectivity index (χ1v) is 8.27. The highest BCUT2D eigenvalue weighted by Crippen LogP contribution is 2.33. The molecule has 3 rings (SSSR count). The number of hydrogen-bond acceptors (Lipinski definition) is 4. The van der Waals surface area contributed by atoms with Gasteiger partial charge in [-0.3, -0.25) is 0 Å². The Kier molecular flexibility index (Phi) is 4.74. The summed E-state index contributed by atoms with van der Waals surface area (Å²) in [5, 5.41) is 7.11. The van der Waals surface area contributed by atoms with E-state index in [1.54, 1.807) is 7.11 Å². The molecule has 0 radical (unpaired) electrons. The first kappa shape index (κ1) is 16.4. The number of anilines is 1. The van der Waals surface area contributed by atoms with E-state index in [4.69, 9.17) is 9.26 Å². The molecule has 1 atom stereocenters. The lowest BCUT2D eigenvalue weighted by molar-refractivity contribution is 0.204. The Hall–Kier alpha value is -2.50. The van der Waals surface area contributed by atoms with Gasteiger partial charge in [-0.1, -0.05) is 31.1 Å². The minimum absolute atomic E-state index is 0.0454. The van der Waals surface area contributed by atoms with Gasteiger partial charge < -0.3 is 19.5 Å². The van der Waals surface area contributed by atoms with Gasteiger partial charge in [0.05, 0.1) is 18.8 Å². The zero-order chi connectivity index (χ0) is 17.1. The Balaban J connectivity index is 1.76. The van der Waals surface area contributed by atoms with Gasteiger partial charge in [0.1, 0.15) is 17.2 Å². The van der Waals surface area contributed by atoms with Crippen LogP contribution in [0.25, 0.3) is 0 Å². The van der Waals surface area contributed by atoms with E-state index < -0.39 is 0 Å². The van der Waals surface area contributed by atoms with Crippen LogP contribution in [0.2, 0.25) is 0 Å². The number of benzene rings is 1. The number of methoxy groups -OCH3 is 1. The number of amides is 2. The molecule has 0 bridgehead atoms. The van der Waals surface area contributed by atoms with Gasteiger partial charge in [0, 0.05) is 18.5 Å². The van der Waals surface area contributed by atoms with Crippen LogP contribution in [-0.4, -0.2) is 29.7 Å². The number of para-hydroxylation sites is 2. The Bertz CT molecular complexity index is 711. The quantitative estimate of drug-likeness (QED) is 0.914. The van der Waals surface area contributed by atoms with Crippen LogP contribution < -0.4 is 10.1 Å². The standard InChI is InChI=1S/C18H23N3O3/c1-12(2)17-11-14(20-24-17)15-8-6-10-21(15)18(22)19-13-7-4-5-9-16(13)23-3/h4-5,7,9,11-12,15H,6,8,10H2,1-3H3,(H,19,22)/t15-/m0/s1. The summed E-state index contributed by atoms with van der Waals surface area (Å²) in [6, 6.07) is 9.16. The summed E-state index contributed by atoms with van der Waals surface area (Å²) in [4.78, 5) is 14.5. The maximum absolute atomic E-state index is 12.7. The van der Waals surface area contributed by atoms with Crippen molar-refractivity contribution in [1.82, 2.24) is 10.1 Å². The summed E-state index contributed by atoms with van der Waals surface area (Å²) in [7, 11) is 1.59. The Morgan fingerprint density at radius 1 is 1.42 bits per heavy atom. The second kappa shape index (κ2) is 6.95. The summed E-state index contributed by atoms with van der Waals surface area (Å²) in [5.74, 6) is 1.77. The molecule has 6 heteroatoms. The number of hydrogen-bond donors (Lipinski definition) is 1. The molecule has 0 aliphatic carbocycles. The lowest BCUT2D eigenvalue weighted by Gasteiger charge is -2.23. The van der Waals surface area contributed by atoms with E-state index in [0.29, 0.717) is 18.0 Å². The van der Waals surface area contributed by atoms with Gasteiger partial charge in [0.15, 0.2) is 0 Å². The number of nitrogens with zero attached hydrogens (tertiary/aromatic N) is 2. The Labute approximate surface area is 141 Å². The van der Waals surface area contributed by atoms with Crippen LogP contribution in [0, 0.1) is 0 Å². The van der Waals surface area contributed by atoms with Gasteiger partial charge in [-0.25, -0.2) is 4.79 Å². The largest absolute Gasteiger partial charge is 0.495 e. The molecule has 6 nitrogen and oxygen atoms in total. The third-order valence-corrected chi connectivity index (χ3v) is 4.32. The molecule has 0 spiro atoms. The van der Waals surface area contributed by atoms with Crippen molar-refractivity contribution < 1.29 is 14.1 Å². The molecule has 24 heavy (non-hydrogen) atoms. The van der Waals surface area contributed by atoms with E-state index in [1.807, 2.05) is 35.2 Å². The fraction of sp³-hybridized carbons (Fsp3) is 0.444. The first-order chi connectivity index (χ1) is 11.6. The molecule has 2 aromatic rings. The number of ether oxygens (including phenoxy) is 1. The maximum atomic E-state index is 12.7. The topological polar surface area (TPSA) is 67.6 Å². The zero-order valence-corrected chi connectivity index (χ0v) is 14.3. The molecule has 0 unspecified atom stereocenters. The number of aromatic nitrogens is 1. The minimum Gasteiger partial charge on any atom is -0.495 e. The molecular weight excluding hydrogens is 306 g/mol. The van der Waals surface area contributed by atoms with Crippen LogP contribution >= 0.6 is 0 Å². The van der Waals surface area contributed by atoms with E-state index in [-0.39, 0.29) is 18.0 Å². The maximum Gasteiger partial charge on any atom is 0.322 e. The molecule has 1 fully saturated rings. The van der Waals surface area contributed by atoms with Crippen molar-refractivity contribution in [2.45, 2.75) is 38.6 Å². The fourth-order valence-corrected chi connectivity index (χ4v) is 2.99. The molecule has 1 aliphatic rings. The van der Waals surface area contributed by atoms with Gasteiger partial charge in [-0.2, -0.15) is 0 Å². The molecule has 0 saturated carbocycles. The third-order valence-electron chi connectivity index (χ3n) is 4.32. The number of urea groups is 1. The number of carbonyl (C=O) groups excluding carboxylic acids is 1. The number of rotatable bonds is 4. The summed E-state index contributed by atoms with van der Waals surface area (Å²) in [6.07, 6.45) is 1.84. The number of nitrogens with one attached hydrogen (secondary N) is 1. The lowest BCUT2D eigenvalue weighted by Crippen LogP contribution is -2.34. The predicted octanol–water partition coefficient (Wildman–Crippen LogP) is 4.18. The van der Waals surface area contributed by atoms with E-state index >= 15 is 0 Å². The van der Waals surface area contributed by atoms with Crippen molar-refractivity contribution in [3.63, 3.8) is 0 Å². The van der Waals surface area contributed by atoms with Gasteiger partial charge >= 0.3 is 6.03 Å². The van der Waals surface area contributed by atoms with Crippen molar-refractivity contribution in [2.75, 3.05) is 19.0 Å². The second-order valence-electron chi connectivity index (χ2n) is 6.29. The van der Waals surface area contributed by atoms with Crippen LogP contribution in [0.15, 0.2) is 34.9 Å². The van der Waals surface area contributed by atoms with Crippen LogP contribution in [0.4, 0.5) is 10.5 Å². The van der Waals surface area contributed by atoms with Gasteiger partial charge in [-0.05, 0) is 25.0 Å². The lowest BCUT2D eigenvalue weighted by atomic mass is 10.1. The van der Waals surface area contributed by atoms with Crippen molar-refractivity contribution in [3.05, 3.63) is 41.8 Å². The molecule has 1 aromatic carbocycles. The molecule has 128 valence electrons. The monoisotopic (exact) mass is 329 g/mol. The molecule has 1 saturated heterocycles. The fourth-order valence-electron chi connectivity index (χ4n) is 2.99. The molecule has 2 heterocycles. The highest BCUT2D eigenvalue weighted by molar-refractivity contribution is 5.91. The van der Waals surface area contributed by atoms with Crippen molar-refractivity contribution in [2.24, 2.45) is 0 Å². The highest BCUT2D eigenvalue weighted by Gasteiger charge is 2.32. The Morgan fingerprint density at radius 3 is 2.92 bits per heavy atom. The minimum atomic E-state index is -0.143. The SMILES string of the molecule is COc1ccccc1NC(=O)N1CCC[C@H]1c1cc(C(C)C)on1. The van der Waals surface area contributed by atoms with E-state index in [2.05, 4.69) is 24.3 Å². The summed E-state index contributed by atoms with van der Waals surface area (Å²) in [5.41, 5.74) is 1.49. The molecular formula is C18H23N3O3. The molecule has 1 aromatic heterocycles.